The third kappa shape index (κ3) is 244. The van der Waals surface area contributed by atoms with Crippen molar-refractivity contribution >= 4 is 51.2 Å². The maximum atomic E-state index is 8.52. The molecular formula is CdCl5CuNi2O4S+. The zero-order chi connectivity index (χ0) is 9.91. The van der Waals surface area contributed by atoms with Crippen molar-refractivity contribution in [3.63, 3.8) is 0 Å². The van der Waals surface area contributed by atoms with Gasteiger partial charge in [-0.05, 0) is 0 Å². The molecule has 14 heteroatoms. The van der Waals surface area contributed by atoms with E-state index in [0.29, 0.717) is 25.3 Å². The molecule has 0 bridgehead atoms. The van der Waals surface area contributed by atoms with Gasteiger partial charge in [0, 0.05) is 10.4 Å². The van der Waals surface area contributed by atoms with Gasteiger partial charge in [-0.15, -0.1) is 0 Å². The van der Waals surface area contributed by atoms with Gasteiger partial charge in [0.15, 0.2) is 0 Å². The minimum absolute atomic E-state index is 0. The van der Waals surface area contributed by atoms with Crippen molar-refractivity contribution < 1.29 is 99.6 Å². The number of hydrogen-bond donors (Lipinski definition) is 0. The predicted octanol–water partition coefficient (Wildman–Crippen LogP) is -1.59. The molecule has 0 saturated carbocycles. The SMILES string of the molecule is O=S(=O)([O-])[O-].[Cd+2].[Cl-].[Cl][Ni][Cl].[Cl][Ni][Cl].[Cu+2]. The molecule has 4 nitrogen and oxygen atoms in total. The van der Waals surface area contributed by atoms with Gasteiger partial charge >= 0.3 is 110 Å². The molecule has 14 heavy (non-hydrogen) atoms. The molecule has 0 aliphatic rings. The zero-order valence-corrected chi connectivity index (χ0v) is 17.1. The Morgan fingerprint density at radius 3 is 0.929 bits per heavy atom. The Balaban J connectivity index is -0.0000000162. The first-order valence-electron chi connectivity index (χ1n) is 1.14. The van der Waals surface area contributed by atoms with Gasteiger partial charge in [-0.2, -0.15) is 0 Å². The van der Waals surface area contributed by atoms with Crippen LogP contribution in [0.4, 0.5) is 0 Å². The van der Waals surface area contributed by atoms with Crippen molar-refractivity contribution in [1.29, 1.82) is 0 Å². The maximum Gasteiger partial charge on any atom is 2.00 e. The van der Waals surface area contributed by atoms with Crippen molar-refractivity contribution in [2.45, 2.75) is 0 Å². The first-order chi connectivity index (χ1) is 4.83. The average Bonchev–Trinajstić information content (AvgIpc) is 1.62. The molecule has 0 aliphatic carbocycles. The first kappa shape index (κ1) is 36.1. The molecule has 0 fully saturated rings. The minimum Gasteiger partial charge on any atom is 2.00 e. The predicted molar refractivity (Wildman–Crippen MR) is 33.9 cm³/mol. The topological polar surface area (TPSA) is 80.3 Å². The van der Waals surface area contributed by atoms with Crippen LogP contribution in [0, 0.1) is 0 Å². The molecule has 0 N–H and O–H groups in total. The second-order valence-corrected chi connectivity index (χ2v) is 4.58. The molecule has 0 saturated heterocycles. The summed E-state index contributed by atoms with van der Waals surface area (Å²) in [5, 5.41) is 0. The molecule has 0 aliphatic heterocycles. The number of rotatable bonds is 0. The summed E-state index contributed by atoms with van der Waals surface area (Å²) in [5.41, 5.74) is 0. The fourth-order valence-corrected chi connectivity index (χ4v) is 0. The third-order valence-electron chi connectivity index (χ3n) is 0. The molecule has 0 aromatic carbocycles. The van der Waals surface area contributed by atoms with E-state index < -0.39 is 10.4 Å². The Hall–Kier alpha value is 3.75. The Morgan fingerprint density at radius 1 is 0.929 bits per heavy atom. The summed E-state index contributed by atoms with van der Waals surface area (Å²) in [6, 6.07) is 0. The molecule has 0 atom stereocenters. The second kappa shape index (κ2) is 30.1. The van der Waals surface area contributed by atoms with E-state index in [1.54, 1.807) is 0 Å². The summed E-state index contributed by atoms with van der Waals surface area (Å²) in [6.07, 6.45) is 0. The minimum atomic E-state index is -5.17. The quantitative estimate of drug-likeness (QED) is 0.201. The van der Waals surface area contributed by atoms with Gasteiger partial charge in [0.1, 0.15) is 0 Å². The van der Waals surface area contributed by atoms with E-state index in [2.05, 4.69) is 0 Å². The summed E-state index contributed by atoms with van der Waals surface area (Å²) in [5.74, 6) is 0. The van der Waals surface area contributed by atoms with Gasteiger partial charge in [0.05, 0.1) is 0 Å². The van der Waals surface area contributed by atoms with Crippen molar-refractivity contribution in [3.8, 4) is 0 Å². The van der Waals surface area contributed by atoms with Crippen LogP contribution in [-0.2, 0) is 80.1 Å². The Bertz CT molecular complexity index is 135. The third-order valence-corrected chi connectivity index (χ3v) is 0. The second-order valence-electron chi connectivity index (χ2n) is 0.499. The molecule has 0 aromatic heterocycles. The molecular weight excluding hydrogens is 567 g/mol. The van der Waals surface area contributed by atoms with Crippen LogP contribution in [0.25, 0.3) is 0 Å². The number of hydrogen-bond acceptors (Lipinski definition) is 4. The van der Waals surface area contributed by atoms with Crippen molar-refractivity contribution in [2.24, 2.45) is 0 Å². The standard InChI is InChI=1S/Cd.5ClH.Cu.2Ni.H2O4S/c;;;;;;;;;1-5(2,3)4/h;5*1H;;;;(H2,1,2,3,4)/q+2;;;;;;3*+2;/p-7. The smallest absolute Gasteiger partial charge is 2.00 e. The van der Waals surface area contributed by atoms with Crippen molar-refractivity contribution in [3.05, 3.63) is 0 Å². The molecule has 0 unspecified atom stereocenters. The van der Waals surface area contributed by atoms with Crippen LogP contribution < -0.4 is 12.4 Å². The van der Waals surface area contributed by atoms with Crippen LogP contribution in [0.5, 0.6) is 0 Å². The van der Waals surface area contributed by atoms with E-state index in [-0.39, 0.29) is 56.8 Å². The van der Waals surface area contributed by atoms with Gasteiger partial charge < -0.3 is 21.5 Å². The Labute approximate surface area is 148 Å². The monoisotopic (exact) mass is 563 g/mol. The maximum absolute atomic E-state index is 8.52. The zero-order valence-electron chi connectivity index (χ0n) is 5.57. The summed E-state index contributed by atoms with van der Waals surface area (Å²) in [4.78, 5) is 0. The largest absolute Gasteiger partial charge is 2.00 e. The molecule has 0 heterocycles. The molecule has 0 aromatic rings. The van der Waals surface area contributed by atoms with Crippen molar-refractivity contribution in [1.82, 2.24) is 0 Å². The van der Waals surface area contributed by atoms with E-state index in [1.807, 2.05) is 0 Å². The Morgan fingerprint density at radius 2 is 0.929 bits per heavy atom. The molecule has 0 rings (SSSR count). The van der Waals surface area contributed by atoms with Crippen molar-refractivity contribution in [2.75, 3.05) is 0 Å². The van der Waals surface area contributed by atoms with Crippen LogP contribution in [0.15, 0.2) is 0 Å². The number of halogens is 5. The van der Waals surface area contributed by atoms with E-state index >= 15 is 0 Å². The van der Waals surface area contributed by atoms with Crippen LogP contribution in [-0.4, -0.2) is 17.5 Å². The normalized spacial score (nSPS) is 7.29. The first-order valence-corrected chi connectivity index (χ1v) is 7.91. The molecule has 0 spiro atoms. The van der Waals surface area contributed by atoms with Gasteiger partial charge in [-0.25, -0.2) is 0 Å². The van der Waals surface area contributed by atoms with Gasteiger partial charge in [-0.3, -0.25) is 8.42 Å². The van der Waals surface area contributed by atoms with Gasteiger partial charge in [0.2, 0.25) is 0 Å². The summed E-state index contributed by atoms with van der Waals surface area (Å²) in [7, 11) is 13.6. The van der Waals surface area contributed by atoms with Gasteiger partial charge in [0.25, 0.3) is 0 Å². The Kier molecular flexibility index (Phi) is 77.5. The molecule has 97 valence electrons. The van der Waals surface area contributed by atoms with E-state index in [1.165, 1.54) is 0 Å². The summed E-state index contributed by atoms with van der Waals surface area (Å²) >= 11 is 1.14. The average molecular weight is 567 g/mol. The van der Waals surface area contributed by atoms with E-state index in [4.69, 9.17) is 58.3 Å². The van der Waals surface area contributed by atoms with Crippen LogP contribution >= 0.6 is 40.8 Å². The fourth-order valence-electron chi connectivity index (χ4n) is 0. The van der Waals surface area contributed by atoms with Crippen LogP contribution in [0.1, 0.15) is 0 Å². The summed E-state index contributed by atoms with van der Waals surface area (Å²) in [6.45, 7) is 0. The molecule has 0 amide bonds. The van der Waals surface area contributed by atoms with Crippen LogP contribution in [0.3, 0.4) is 0 Å². The summed E-state index contributed by atoms with van der Waals surface area (Å²) < 4.78 is 34.1. The van der Waals surface area contributed by atoms with Gasteiger partial charge in [-0.1, -0.05) is 0 Å². The van der Waals surface area contributed by atoms with E-state index in [0.717, 1.165) is 0 Å². The molecule has 1 radical (unpaired) electrons. The van der Waals surface area contributed by atoms with E-state index in [9.17, 15) is 0 Å². The fraction of sp³-hybridized carbons (Fsp3) is 0. The van der Waals surface area contributed by atoms with Crippen LogP contribution in [0.2, 0.25) is 0 Å².